The lowest BCUT2D eigenvalue weighted by Gasteiger charge is -2.36. The maximum atomic E-state index is 10.4. The molecule has 0 aliphatic carbocycles. The predicted octanol–water partition coefficient (Wildman–Crippen LogP) is 3.24. The predicted molar refractivity (Wildman–Crippen MR) is 90.9 cm³/mol. The Morgan fingerprint density at radius 1 is 1.00 bits per heavy atom. The minimum Gasteiger partial charge on any atom is -0.508 e. The number of aromatic hydroxyl groups is 1. The molecule has 3 nitrogen and oxygen atoms in total. The molecule has 1 aliphatic rings. The van der Waals surface area contributed by atoms with Gasteiger partial charge >= 0.3 is 0 Å². The van der Waals surface area contributed by atoms with Gasteiger partial charge in [-0.25, -0.2) is 0 Å². The summed E-state index contributed by atoms with van der Waals surface area (Å²) in [5.41, 5.74) is 3.19. The van der Waals surface area contributed by atoms with E-state index in [0.29, 0.717) is 17.8 Å². The highest BCUT2D eigenvalue weighted by Crippen LogP contribution is 2.27. The molecular weight excluding hydrogens is 272 g/mol. The fraction of sp³-hybridized carbons (Fsp3) is 0.368. The fourth-order valence-corrected chi connectivity index (χ4v) is 3.32. The molecule has 1 fully saturated rings. The molecule has 116 valence electrons. The Balaban J connectivity index is 1.75. The molecule has 3 heteroatoms. The monoisotopic (exact) mass is 296 g/mol. The summed E-state index contributed by atoms with van der Waals surface area (Å²) in [4.78, 5) is 2.41. The van der Waals surface area contributed by atoms with Crippen LogP contribution in [0.4, 0.5) is 0 Å². The highest BCUT2D eigenvalue weighted by atomic mass is 16.3. The number of phenolic OH excluding ortho intramolecular Hbond substituents is 1. The highest BCUT2D eigenvalue weighted by Gasteiger charge is 2.21. The Morgan fingerprint density at radius 3 is 2.32 bits per heavy atom. The smallest absolute Gasteiger partial charge is 0.120 e. The van der Waals surface area contributed by atoms with E-state index in [4.69, 9.17) is 0 Å². The Bertz CT molecular complexity index is 617. The fourth-order valence-electron chi connectivity index (χ4n) is 3.32. The third kappa shape index (κ3) is 3.49. The molecule has 1 saturated heterocycles. The summed E-state index contributed by atoms with van der Waals surface area (Å²) < 4.78 is 0. The molecule has 2 atom stereocenters. The second kappa shape index (κ2) is 6.51. The molecule has 1 aliphatic heterocycles. The molecule has 1 heterocycles. The van der Waals surface area contributed by atoms with Crippen LogP contribution in [-0.2, 0) is 6.54 Å². The van der Waals surface area contributed by atoms with Gasteiger partial charge in [-0.1, -0.05) is 42.5 Å². The Hall–Kier alpha value is -1.84. The van der Waals surface area contributed by atoms with Crippen LogP contribution in [0.15, 0.2) is 48.5 Å². The van der Waals surface area contributed by atoms with Crippen molar-refractivity contribution in [3.05, 3.63) is 54.1 Å². The van der Waals surface area contributed by atoms with Gasteiger partial charge in [0.15, 0.2) is 0 Å². The maximum absolute atomic E-state index is 10.4. The number of phenols is 1. The van der Waals surface area contributed by atoms with Gasteiger partial charge in [-0.3, -0.25) is 4.90 Å². The minimum atomic E-state index is 0.389. The minimum absolute atomic E-state index is 0.389. The van der Waals surface area contributed by atoms with Gasteiger partial charge in [-0.05, 0) is 31.0 Å². The first kappa shape index (κ1) is 15.1. The number of nitrogens with zero attached hydrogens (tertiary/aromatic N) is 1. The summed E-state index contributed by atoms with van der Waals surface area (Å²) in [6.45, 7) is 7.26. The van der Waals surface area contributed by atoms with Crippen molar-refractivity contribution in [1.29, 1.82) is 0 Å². The van der Waals surface area contributed by atoms with Crippen LogP contribution in [0.2, 0.25) is 0 Å². The lowest BCUT2D eigenvalue weighted by molar-refractivity contribution is 0.165. The van der Waals surface area contributed by atoms with Crippen LogP contribution in [0.25, 0.3) is 11.1 Å². The van der Waals surface area contributed by atoms with E-state index in [1.54, 1.807) is 0 Å². The number of benzene rings is 2. The number of rotatable bonds is 3. The third-order valence-electron chi connectivity index (χ3n) is 4.22. The van der Waals surface area contributed by atoms with Crippen molar-refractivity contribution in [2.24, 2.45) is 0 Å². The second-order valence-electron chi connectivity index (χ2n) is 6.37. The highest BCUT2D eigenvalue weighted by molar-refractivity contribution is 5.65. The molecule has 2 N–H and O–H groups in total. The van der Waals surface area contributed by atoms with Crippen molar-refractivity contribution >= 4 is 0 Å². The van der Waals surface area contributed by atoms with E-state index in [2.05, 4.69) is 48.3 Å². The van der Waals surface area contributed by atoms with Crippen molar-refractivity contribution in [2.45, 2.75) is 32.5 Å². The van der Waals surface area contributed by atoms with Crippen LogP contribution in [0.3, 0.4) is 0 Å². The van der Waals surface area contributed by atoms with E-state index in [0.717, 1.165) is 36.3 Å². The number of piperazine rings is 1. The van der Waals surface area contributed by atoms with E-state index in [9.17, 15) is 5.11 Å². The molecule has 0 spiro atoms. The molecule has 0 unspecified atom stereocenters. The number of hydrogen-bond donors (Lipinski definition) is 2. The van der Waals surface area contributed by atoms with Crippen molar-refractivity contribution in [1.82, 2.24) is 10.2 Å². The van der Waals surface area contributed by atoms with Crippen molar-refractivity contribution in [3.63, 3.8) is 0 Å². The topological polar surface area (TPSA) is 35.5 Å². The third-order valence-corrected chi connectivity index (χ3v) is 4.22. The van der Waals surface area contributed by atoms with Gasteiger partial charge < -0.3 is 10.4 Å². The Kier molecular flexibility index (Phi) is 4.46. The summed E-state index contributed by atoms with van der Waals surface area (Å²) in [7, 11) is 0. The standard InChI is InChI=1S/C19H24N2O/c1-14-11-21(12-15(2)20-14)13-18-9-8-17(10-19(18)22)16-6-4-3-5-7-16/h3-10,14-15,20,22H,11-13H2,1-2H3/t14-,15+. The van der Waals surface area contributed by atoms with Crippen molar-refractivity contribution in [3.8, 4) is 16.9 Å². The van der Waals surface area contributed by atoms with Gasteiger partial charge in [0.2, 0.25) is 0 Å². The Labute approximate surface area is 132 Å². The number of hydrogen-bond acceptors (Lipinski definition) is 3. The van der Waals surface area contributed by atoms with Crippen LogP contribution in [0, 0.1) is 0 Å². The average Bonchev–Trinajstić information content (AvgIpc) is 2.49. The van der Waals surface area contributed by atoms with E-state index in [-0.39, 0.29) is 0 Å². The average molecular weight is 296 g/mol. The normalized spacial score (nSPS) is 22.6. The lowest BCUT2D eigenvalue weighted by atomic mass is 10.0. The van der Waals surface area contributed by atoms with Gasteiger partial charge in [0, 0.05) is 37.3 Å². The quantitative estimate of drug-likeness (QED) is 0.912. The molecule has 0 saturated carbocycles. The van der Waals surface area contributed by atoms with Gasteiger partial charge in [0.25, 0.3) is 0 Å². The van der Waals surface area contributed by atoms with Crippen LogP contribution in [-0.4, -0.2) is 35.2 Å². The summed E-state index contributed by atoms with van der Waals surface area (Å²) in [6, 6.07) is 17.2. The van der Waals surface area contributed by atoms with Gasteiger partial charge in [-0.2, -0.15) is 0 Å². The van der Waals surface area contributed by atoms with Crippen LogP contribution in [0.1, 0.15) is 19.4 Å². The first-order chi connectivity index (χ1) is 10.6. The van der Waals surface area contributed by atoms with Gasteiger partial charge in [-0.15, -0.1) is 0 Å². The first-order valence-corrected chi connectivity index (χ1v) is 7.97. The molecule has 3 rings (SSSR count). The van der Waals surface area contributed by atoms with Gasteiger partial charge in [0.05, 0.1) is 0 Å². The van der Waals surface area contributed by atoms with Crippen LogP contribution in [0.5, 0.6) is 5.75 Å². The SMILES string of the molecule is C[C@@H]1CN(Cc2ccc(-c3ccccc3)cc2O)C[C@H](C)N1. The lowest BCUT2D eigenvalue weighted by Crippen LogP contribution is -2.53. The van der Waals surface area contributed by atoms with E-state index in [1.807, 2.05) is 24.3 Å². The van der Waals surface area contributed by atoms with E-state index >= 15 is 0 Å². The molecule has 2 aromatic carbocycles. The zero-order chi connectivity index (χ0) is 15.5. The summed E-state index contributed by atoms with van der Waals surface area (Å²) >= 11 is 0. The molecule has 0 amide bonds. The van der Waals surface area contributed by atoms with Crippen LogP contribution >= 0.6 is 0 Å². The molecule has 0 radical (unpaired) electrons. The number of nitrogens with one attached hydrogen (secondary N) is 1. The molecule has 2 aromatic rings. The summed E-state index contributed by atoms with van der Waals surface area (Å²) in [5, 5.41) is 13.9. The van der Waals surface area contributed by atoms with Crippen molar-refractivity contribution < 1.29 is 5.11 Å². The van der Waals surface area contributed by atoms with Gasteiger partial charge in [0.1, 0.15) is 5.75 Å². The summed E-state index contributed by atoms with van der Waals surface area (Å²) in [6.07, 6.45) is 0. The zero-order valence-electron chi connectivity index (χ0n) is 13.3. The molecular formula is C19H24N2O. The van der Waals surface area contributed by atoms with Crippen molar-refractivity contribution in [2.75, 3.05) is 13.1 Å². The molecule has 0 bridgehead atoms. The Morgan fingerprint density at radius 2 is 1.68 bits per heavy atom. The van der Waals surface area contributed by atoms with E-state index < -0.39 is 0 Å². The van der Waals surface area contributed by atoms with Crippen LogP contribution < -0.4 is 5.32 Å². The first-order valence-electron chi connectivity index (χ1n) is 7.97. The zero-order valence-corrected chi connectivity index (χ0v) is 13.3. The summed E-state index contributed by atoms with van der Waals surface area (Å²) in [5.74, 6) is 0.389. The van der Waals surface area contributed by atoms with E-state index in [1.165, 1.54) is 0 Å². The maximum Gasteiger partial charge on any atom is 0.120 e. The second-order valence-corrected chi connectivity index (χ2v) is 6.37. The largest absolute Gasteiger partial charge is 0.508 e. The molecule has 22 heavy (non-hydrogen) atoms. The molecule has 0 aromatic heterocycles.